The molecule has 0 saturated carbocycles. The van der Waals surface area contributed by atoms with E-state index >= 15 is 0 Å². The van der Waals surface area contributed by atoms with Crippen LogP contribution in [0.15, 0.2) is 42.6 Å². The van der Waals surface area contributed by atoms with Crippen LogP contribution in [0.1, 0.15) is 38.4 Å². The average Bonchev–Trinajstić information content (AvgIpc) is 2.44. The molecule has 0 saturated heterocycles. The molecule has 0 unspecified atom stereocenters. The summed E-state index contributed by atoms with van der Waals surface area (Å²) in [5.74, 6) is 0.879. The fraction of sp³-hybridized carbons (Fsp3) is 0.389. The normalized spacial score (nSPS) is 12.3. The third-order valence-electron chi connectivity index (χ3n) is 3.32. The maximum atomic E-state index is 12.5. The summed E-state index contributed by atoms with van der Waals surface area (Å²) in [7, 11) is 0. The highest BCUT2D eigenvalue weighted by Gasteiger charge is 2.32. The maximum absolute atomic E-state index is 12.5. The second-order valence-corrected chi connectivity index (χ2v) is 6.69. The Balaban J connectivity index is 2.05. The lowest BCUT2D eigenvalue weighted by Crippen LogP contribution is -2.07. The molecule has 2 rings (SSSR count). The molecule has 0 aliphatic heterocycles. The Morgan fingerprint density at radius 3 is 2.30 bits per heavy atom. The molecule has 0 aliphatic carbocycles. The number of hydrogen-bond acceptors (Lipinski definition) is 2. The van der Waals surface area contributed by atoms with Gasteiger partial charge in [-0.1, -0.05) is 32.9 Å². The third kappa shape index (κ3) is 5.58. The standard InChI is InChI=1S/C18H20F3NO/c1-17(2,3)10-9-13-5-4-6-14(11-13)23-15-7-8-16(22-12-15)18(19,20)21/h4-8,11-12H,9-10H2,1-3H3. The fourth-order valence-corrected chi connectivity index (χ4v) is 2.03. The van der Waals surface area contributed by atoms with Crippen molar-refractivity contribution in [2.24, 2.45) is 5.41 Å². The Kier molecular flexibility index (Phi) is 4.97. The molecule has 0 amide bonds. The molecule has 0 bridgehead atoms. The first kappa shape index (κ1) is 17.3. The van der Waals surface area contributed by atoms with Gasteiger partial charge in [-0.05, 0) is 48.1 Å². The van der Waals surface area contributed by atoms with Crippen LogP contribution >= 0.6 is 0 Å². The van der Waals surface area contributed by atoms with E-state index in [1.54, 1.807) is 6.07 Å². The van der Waals surface area contributed by atoms with E-state index < -0.39 is 11.9 Å². The number of benzene rings is 1. The van der Waals surface area contributed by atoms with Crippen LogP contribution in [-0.4, -0.2) is 4.98 Å². The molecular formula is C18H20F3NO. The predicted molar refractivity (Wildman–Crippen MR) is 83.5 cm³/mol. The first-order valence-electron chi connectivity index (χ1n) is 7.43. The summed E-state index contributed by atoms with van der Waals surface area (Å²) in [4.78, 5) is 3.39. The number of aryl methyl sites for hydroxylation is 1. The van der Waals surface area contributed by atoms with Gasteiger partial charge in [0.25, 0.3) is 0 Å². The van der Waals surface area contributed by atoms with E-state index in [2.05, 4.69) is 25.8 Å². The van der Waals surface area contributed by atoms with Crippen LogP contribution in [0.4, 0.5) is 13.2 Å². The van der Waals surface area contributed by atoms with Crippen molar-refractivity contribution < 1.29 is 17.9 Å². The number of halogens is 3. The third-order valence-corrected chi connectivity index (χ3v) is 3.32. The van der Waals surface area contributed by atoms with Crippen molar-refractivity contribution >= 4 is 0 Å². The average molecular weight is 323 g/mol. The van der Waals surface area contributed by atoms with Crippen molar-refractivity contribution in [2.75, 3.05) is 0 Å². The lowest BCUT2D eigenvalue weighted by molar-refractivity contribution is -0.141. The zero-order chi connectivity index (χ0) is 17.1. The van der Waals surface area contributed by atoms with Crippen LogP contribution in [0, 0.1) is 5.41 Å². The molecule has 124 valence electrons. The summed E-state index contributed by atoms with van der Waals surface area (Å²) in [5.41, 5.74) is 0.454. The Morgan fingerprint density at radius 2 is 1.74 bits per heavy atom. The zero-order valence-corrected chi connectivity index (χ0v) is 13.4. The SMILES string of the molecule is CC(C)(C)CCc1cccc(Oc2ccc(C(F)(F)F)nc2)c1. The van der Waals surface area contributed by atoms with E-state index in [0.29, 0.717) is 5.75 Å². The number of nitrogens with zero attached hydrogens (tertiary/aromatic N) is 1. The van der Waals surface area contributed by atoms with Gasteiger partial charge in [0.2, 0.25) is 0 Å². The summed E-state index contributed by atoms with van der Waals surface area (Å²) in [5, 5.41) is 0. The lowest BCUT2D eigenvalue weighted by atomic mass is 9.89. The second-order valence-electron chi connectivity index (χ2n) is 6.69. The predicted octanol–water partition coefficient (Wildman–Crippen LogP) is 5.87. The monoisotopic (exact) mass is 323 g/mol. The molecule has 0 spiro atoms. The first-order valence-corrected chi connectivity index (χ1v) is 7.43. The Hall–Kier alpha value is -2.04. The molecular weight excluding hydrogens is 303 g/mol. The topological polar surface area (TPSA) is 22.1 Å². The van der Waals surface area contributed by atoms with Crippen LogP contribution in [0.25, 0.3) is 0 Å². The molecule has 5 heteroatoms. The molecule has 1 aromatic heterocycles. The Labute approximate surface area is 134 Å². The summed E-state index contributed by atoms with van der Waals surface area (Å²) in [6.45, 7) is 6.55. The highest BCUT2D eigenvalue weighted by atomic mass is 19.4. The maximum Gasteiger partial charge on any atom is 0.433 e. The van der Waals surface area contributed by atoms with Gasteiger partial charge in [0, 0.05) is 0 Å². The largest absolute Gasteiger partial charge is 0.456 e. The quantitative estimate of drug-likeness (QED) is 0.702. The summed E-state index contributed by atoms with van der Waals surface area (Å²) >= 11 is 0. The van der Waals surface area contributed by atoms with E-state index in [9.17, 15) is 13.2 Å². The van der Waals surface area contributed by atoms with Crippen molar-refractivity contribution in [3.05, 3.63) is 53.9 Å². The Morgan fingerprint density at radius 1 is 1.00 bits per heavy atom. The van der Waals surface area contributed by atoms with Crippen LogP contribution in [0.5, 0.6) is 11.5 Å². The van der Waals surface area contributed by atoms with E-state index in [0.717, 1.165) is 30.7 Å². The first-order chi connectivity index (χ1) is 10.6. The van der Waals surface area contributed by atoms with Crippen molar-refractivity contribution in [3.63, 3.8) is 0 Å². The number of ether oxygens (including phenoxy) is 1. The minimum absolute atomic E-state index is 0.244. The van der Waals surface area contributed by atoms with Crippen LogP contribution < -0.4 is 4.74 Å². The number of alkyl halides is 3. The molecule has 23 heavy (non-hydrogen) atoms. The van der Waals surface area contributed by atoms with Gasteiger partial charge in [0.15, 0.2) is 0 Å². The van der Waals surface area contributed by atoms with Gasteiger partial charge in [-0.25, -0.2) is 4.98 Å². The summed E-state index contributed by atoms with van der Waals surface area (Å²) in [6, 6.07) is 9.77. The Bertz CT molecular complexity index is 643. The van der Waals surface area contributed by atoms with Gasteiger partial charge < -0.3 is 4.74 Å². The number of aromatic nitrogens is 1. The molecule has 0 aliphatic rings. The van der Waals surface area contributed by atoms with E-state index in [1.807, 2.05) is 18.2 Å². The minimum atomic E-state index is -4.44. The molecule has 2 aromatic rings. The molecule has 0 N–H and O–H groups in total. The summed E-state index contributed by atoms with van der Waals surface area (Å²) < 4.78 is 43.0. The van der Waals surface area contributed by atoms with Crippen LogP contribution in [-0.2, 0) is 12.6 Å². The van der Waals surface area contributed by atoms with Crippen LogP contribution in [0.3, 0.4) is 0 Å². The van der Waals surface area contributed by atoms with Crippen molar-refractivity contribution in [1.29, 1.82) is 0 Å². The molecule has 0 fully saturated rings. The molecule has 0 atom stereocenters. The molecule has 1 heterocycles. The number of pyridine rings is 1. The number of hydrogen-bond donors (Lipinski definition) is 0. The molecule has 2 nitrogen and oxygen atoms in total. The van der Waals surface area contributed by atoms with Gasteiger partial charge >= 0.3 is 6.18 Å². The van der Waals surface area contributed by atoms with Gasteiger partial charge in [0.1, 0.15) is 17.2 Å². The molecule has 1 aromatic carbocycles. The van der Waals surface area contributed by atoms with Gasteiger partial charge in [-0.2, -0.15) is 13.2 Å². The van der Waals surface area contributed by atoms with Crippen LogP contribution in [0.2, 0.25) is 0 Å². The van der Waals surface area contributed by atoms with E-state index in [-0.39, 0.29) is 11.2 Å². The minimum Gasteiger partial charge on any atom is -0.456 e. The van der Waals surface area contributed by atoms with Gasteiger partial charge in [0.05, 0.1) is 6.20 Å². The highest BCUT2D eigenvalue weighted by Crippen LogP contribution is 2.30. The van der Waals surface area contributed by atoms with Gasteiger partial charge in [-0.3, -0.25) is 0 Å². The highest BCUT2D eigenvalue weighted by molar-refractivity contribution is 5.33. The zero-order valence-electron chi connectivity index (χ0n) is 13.4. The fourth-order valence-electron chi connectivity index (χ4n) is 2.03. The summed E-state index contributed by atoms with van der Waals surface area (Å²) in [6.07, 6.45) is -1.39. The van der Waals surface area contributed by atoms with Crippen molar-refractivity contribution in [1.82, 2.24) is 4.98 Å². The smallest absolute Gasteiger partial charge is 0.433 e. The van der Waals surface area contributed by atoms with Crippen molar-refractivity contribution in [2.45, 2.75) is 39.8 Å². The lowest BCUT2D eigenvalue weighted by Gasteiger charge is -2.18. The van der Waals surface area contributed by atoms with E-state index in [1.165, 1.54) is 6.07 Å². The number of rotatable bonds is 4. The molecule has 0 radical (unpaired) electrons. The second kappa shape index (κ2) is 6.60. The van der Waals surface area contributed by atoms with Gasteiger partial charge in [-0.15, -0.1) is 0 Å². The van der Waals surface area contributed by atoms with Crippen molar-refractivity contribution in [3.8, 4) is 11.5 Å². The van der Waals surface area contributed by atoms with E-state index in [4.69, 9.17) is 4.74 Å².